The average Bonchev–Trinajstić information content (AvgIpc) is 2.85. The Hall–Kier alpha value is -1.33. The fourth-order valence-electron chi connectivity index (χ4n) is 2.16. The lowest BCUT2D eigenvalue weighted by atomic mass is 10.1. The van der Waals surface area contributed by atoms with Gasteiger partial charge in [-0.1, -0.05) is 28.1 Å². The van der Waals surface area contributed by atoms with Gasteiger partial charge in [-0.25, -0.2) is 13.2 Å². The first kappa shape index (κ1) is 14.6. The second-order valence-corrected chi connectivity index (χ2v) is 6.96. The smallest absolute Gasteiger partial charge is 0.129 e. The number of alkyl halides is 1. The lowest BCUT2D eigenvalue weighted by molar-refractivity contribution is 0.571. The maximum absolute atomic E-state index is 13.7. The molecule has 0 aliphatic heterocycles. The van der Waals surface area contributed by atoms with Crippen LogP contribution in [-0.4, -0.2) is 0 Å². The molecule has 1 atom stereocenters. The van der Waals surface area contributed by atoms with Crippen LogP contribution in [0.1, 0.15) is 15.3 Å². The molecular formula is C16H10BrF3S. The minimum Gasteiger partial charge on any atom is -0.207 e. The molecule has 0 fully saturated rings. The highest BCUT2D eigenvalue weighted by Gasteiger charge is 2.15. The van der Waals surface area contributed by atoms with Gasteiger partial charge in [0.25, 0.3) is 0 Å². The van der Waals surface area contributed by atoms with Crippen molar-refractivity contribution in [3.63, 3.8) is 0 Å². The van der Waals surface area contributed by atoms with Gasteiger partial charge in [0, 0.05) is 15.6 Å². The van der Waals surface area contributed by atoms with Crippen LogP contribution in [-0.2, 0) is 6.42 Å². The van der Waals surface area contributed by atoms with E-state index in [0.717, 1.165) is 21.0 Å². The van der Waals surface area contributed by atoms with E-state index in [9.17, 15) is 13.2 Å². The van der Waals surface area contributed by atoms with E-state index in [-0.39, 0.29) is 10.6 Å². The van der Waals surface area contributed by atoms with Gasteiger partial charge in [-0.2, -0.15) is 0 Å². The topological polar surface area (TPSA) is 0 Å². The van der Waals surface area contributed by atoms with E-state index in [4.69, 9.17) is 0 Å². The molecule has 5 heteroatoms. The Morgan fingerprint density at radius 2 is 1.67 bits per heavy atom. The molecule has 3 rings (SSSR count). The van der Waals surface area contributed by atoms with Gasteiger partial charge in [-0.3, -0.25) is 0 Å². The Balaban J connectivity index is 1.87. The molecule has 21 heavy (non-hydrogen) atoms. The molecule has 0 spiro atoms. The van der Waals surface area contributed by atoms with E-state index >= 15 is 0 Å². The molecule has 0 amide bonds. The molecule has 108 valence electrons. The van der Waals surface area contributed by atoms with Gasteiger partial charge in [-0.05, 0) is 41.6 Å². The Labute approximate surface area is 132 Å². The lowest BCUT2D eigenvalue weighted by Gasteiger charge is -2.08. The highest BCUT2D eigenvalue weighted by atomic mass is 79.9. The van der Waals surface area contributed by atoms with Crippen molar-refractivity contribution in [1.82, 2.24) is 0 Å². The van der Waals surface area contributed by atoms with E-state index in [1.807, 2.05) is 6.07 Å². The number of rotatable bonds is 3. The standard InChI is InChI=1S/C16H10BrF3S/c17-13(5-9-1-3-11(18)7-14(9)20)16-6-10-2-4-12(19)8-15(10)21-16/h1-4,6-8,13H,5H2. The van der Waals surface area contributed by atoms with Crippen molar-refractivity contribution in [1.29, 1.82) is 0 Å². The van der Waals surface area contributed by atoms with Crippen molar-refractivity contribution < 1.29 is 13.2 Å². The highest BCUT2D eigenvalue weighted by Crippen LogP contribution is 2.36. The molecule has 0 nitrogen and oxygen atoms in total. The van der Waals surface area contributed by atoms with Crippen LogP contribution < -0.4 is 0 Å². The zero-order chi connectivity index (χ0) is 15.0. The van der Waals surface area contributed by atoms with Crippen LogP contribution in [0.2, 0.25) is 0 Å². The van der Waals surface area contributed by atoms with Gasteiger partial charge in [0.05, 0.1) is 4.83 Å². The summed E-state index contributed by atoms with van der Waals surface area (Å²) < 4.78 is 40.6. The number of thiophene rings is 1. The fourth-order valence-corrected chi connectivity index (χ4v) is 3.99. The lowest BCUT2D eigenvalue weighted by Crippen LogP contribution is -1.97. The predicted octanol–water partition coefficient (Wildman–Crippen LogP) is 6.00. The maximum atomic E-state index is 13.7. The van der Waals surface area contributed by atoms with Crippen molar-refractivity contribution in [2.75, 3.05) is 0 Å². The largest absolute Gasteiger partial charge is 0.207 e. The normalized spacial score (nSPS) is 12.8. The van der Waals surface area contributed by atoms with E-state index in [1.54, 1.807) is 6.07 Å². The third kappa shape index (κ3) is 3.14. The van der Waals surface area contributed by atoms with E-state index in [0.29, 0.717) is 12.0 Å². The molecule has 0 aliphatic carbocycles. The number of halogens is 4. The van der Waals surface area contributed by atoms with Crippen molar-refractivity contribution >= 4 is 37.4 Å². The van der Waals surface area contributed by atoms with Crippen LogP contribution in [0.4, 0.5) is 13.2 Å². The first-order chi connectivity index (χ1) is 10.0. The molecule has 0 saturated carbocycles. The van der Waals surface area contributed by atoms with Crippen LogP contribution in [0.15, 0.2) is 42.5 Å². The van der Waals surface area contributed by atoms with Crippen LogP contribution in [0, 0.1) is 17.5 Å². The quantitative estimate of drug-likeness (QED) is 0.496. The van der Waals surface area contributed by atoms with Gasteiger partial charge < -0.3 is 0 Å². The van der Waals surface area contributed by atoms with Crippen LogP contribution in [0.3, 0.4) is 0 Å². The van der Waals surface area contributed by atoms with E-state index in [1.165, 1.54) is 35.6 Å². The Morgan fingerprint density at radius 3 is 2.43 bits per heavy atom. The third-order valence-electron chi connectivity index (χ3n) is 3.22. The number of hydrogen-bond donors (Lipinski definition) is 0. The summed E-state index contributed by atoms with van der Waals surface area (Å²) in [6.07, 6.45) is 0.404. The highest BCUT2D eigenvalue weighted by molar-refractivity contribution is 9.09. The van der Waals surface area contributed by atoms with Gasteiger partial charge in [0.2, 0.25) is 0 Å². The van der Waals surface area contributed by atoms with Crippen LogP contribution >= 0.6 is 27.3 Å². The average molecular weight is 371 g/mol. The zero-order valence-corrected chi connectivity index (χ0v) is 13.1. The Bertz CT molecular complexity index is 797. The van der Waals surface area contributed by atoms with Crippen LogP contribution in [0.5, 0.6) is 0 Å². The Kier molecular flexibility index (Phi) is 4.04. The molecule has 1 aromatic heterocycles. The fraction of sp³-hybridized carbons (Fsp3) is 0.125. The van der Waals surface area contributed by atoms with E-state index in [2.05, 4.69) is 15.9 Å². The molecule has 0 saturated heterocycles. The van der Waals surface area contributed by atoms with Crippen LogP contribution in [0.25, 0.3) is 10.1 Å². The molecular weight excluding hydrogens is 361 g/mol. The van der Waals surface area contributed by atoms with Crippen molar-refractivity contribution in [2.24, 2.45) is 0 Å². The van der Waals surface area contributed by atoms with Gasteiger partial charge >= 0.3 is 0 Å². The molecule has 3 aromatic rings. The molecule has 2 aromatic carbocycles. The second-order valence-electron chi connectivity index (χ2n) is 4.74. The van der Waals surface area contributed by atoms with Crippen molar-refractivity contribution in [2.45, 2.75) is 11.2 Å². The predicted molar refractivity (Wildman–Crippen MR) is 83.5 cm³/mol. The zero-order valence-electron chi connectivity index (χ0n) is 10.7. The first-order valence-electron chi connectivity index (χ1n) is 6.30. The van der Waals surface area contributed by atoms with Crippen molar-refractivity contribution in [3.8, 4) is 0 Å². The SMILES string of the molecule is Fc1ccc(CC(Br)c2cc3ccc(F)cc3s2)c(F)c1. The number of hydrogen-bond acceptors (Lipinski definition) is 1. The molecule has 1 heterocycles. The molecule has 0 radical (unpaired) electrons. The summed E-state index contributed by atoms with van der Waals surface area (Å²) in [4.78, 5) is 0.886. The summed E-state index contributed by atoms with van der Waals surface area (Å²) >= 11 is 4.99. The minimum atomic E-state index is -0.584. The third-order valence-corrected chi connectivity index (χ3v) is 5.56. The van der Waals surface area contributed by atoms with Gasteiger partial charge in [0.15, 0.2) is 0 Å². The minimum absolute atomic E-state index is 0.0991. The second kappa shape index (κ2) is 5.81. The van der Waals surface area contributed by atoms with Gasteiger partial charge in [0.1, 0.15) is 17.5 Å². The summed E-state index contributed by atoms with van der Waals surface area (Å²) in [6, 6.07) is 10.2. The summed E-state index contributed by atoms with van der Waals surface area (Å²) in [7, 11) is 0. The Morgan fingerprint density at radius 1 is 0.952 bits per heavy atom. The van der Waals surface area contributed by atoms with E-state index < -0.39 is 11.6 Å². The summed E-state index contributed by atoms with van der Waals surface area (Å²) in [5.41, 5.74) is 0.446. The molecule has 0 aliphatic rings. The summed E-state index contributed by atoms with van der Waals surface area (Å²) in [5, 5.41) is 0.959. The summed E-state index contributed by atoms with van der Waals surface area (Å²) in [6.45, 7) is 0. The summed E-state index contributed by atoms with van der Waals surface area (Å²) in [5.74, 6) is -1.40. The molecule has 0 N–H and O–H groups in total. The van der Waals surface area contributed by atoms with Gasteiger partial charge in [-0.15, -0.1) is 11.3 Å². The molecule has 1 unspecified atom stereocenters. The molecule has 0 bridgehead atoms. The van der Waals surface area contributed by atoms with Crippen molar-refractivity contribution in [3.05, 3.63) is 70.4 Å². The monoisotopic (exact) mass is 370 g/mol. The number of benzene rings is 2. The maximum Gasteiger partial charge on any atom is 0.129 e. The first-order valence-corrected chi connectivity index (χ1v) is 8.03. The number of fused-ring (bicyclic) bond motifs is 1.